The number of carbonyl (C=O) groups is 1. The lowest BCUT2D eigenvalue weighted by Gasteiger charge is -1.96. The minimum absolute atomic E-state index is 0.0344. The van der Waals surface area contributed by atoms with E-state index in [-0.39, 0.29) is 10.9 Å². The maximum atomic E-state index is 10.1. The van der Waals surface area contributed by atoms with Crippen LogP contribution in [0.15, 0.2) is 5.38 Å². The zero-order valence-corrected chi connectivity index (χ0v) is 6.11. The van der Waals surface area contributed by atoms with Crippen molar-refractivity contribution in [2.75, 3.05) is 0 Å². The maximum absolute atomic E-state index is 10.1. The second-order valence-electron chi connectivity index (χ2n) is 1.59. The Kier molecular flexibility index (Phi) is 2.58. The van der Waals surface area contributed by atoms with E-state index in [1.807, 2.05) is 0 Å². The van der Waals surface area contributed by atoms with Crippen molar-refractivity contribution >= 4 is 24.9 Å². The average Bonchev–Trinajstić information content (AvgIpc) is 2.34. The summed E-state index contributed by atoms with van der Waals surface area (Å²) in [5.41, 5.74) is 0. The first-order valence-electron chi connectivity index (χ1n) is 2.66. The Hall–Kier alpha value is -0.915. The molecule has 0 spiro atoms. The van der Waals surface area contributed by atoms with Gasteiger partial charge in [-0.1, -0.05) is 0 Å². The number of hydrogen-bond acceptors (Lipinski definition) is 6. The molecule has 0 unspecified atom stereocenters. The zero-order valence-electron chi connectivity index (χ0n) is 5.30. The van der Waals surface area contributed by atoms with Gasteiger partial charge in [0.25, 0.3) is 0 Å². The van der Waals surface area contributed by atoms with Gasteiger partial charge in [-0.2, -0.15) is 0 Å². The van der Waals surface area contributed by atoms with Crippen LogP contribution >= 0.6 is 11.3 Å². The van der Waals surface area contributed by atoms with E-state index in [2.05, 4.69) is 9.64 Å². The number of thiazole rings is 1. The highest BCUT2D eigenvalue weighted by atomic mass is 32.1. The predicted molar refractivity (Wildman–Crippen MR) is 38.3 cm³/mol. The minimum Gasteiger partial charge on any atom is -0.497 e. The quantitative estimate of drug-likeness (QED) is 0.466. The van der Waals surface area contributed by atoms with Crippen molar-refractivity contribution in [3.63, 3.8) is 0 Å². The third-order valence-electron chi connectivity index (χ3n) is 0.828. The van der Waals surface area contributed by atoms with Gasteiger partial charge in [-0.3, -0.25) is 4.79 Å². The molecule has 0 amide bonds. The Morgan fingerprint density at radius 3 is 2.91 bits per heavy atom. The fraction of sp³-hybridized carbons (Fsp3) is 0. The van der Waals surface area contributed by atoms with Crippen LogP contribution in [0, 0.1) is 0 Å². The minimum atomic E-state index is -1.89. The largest absolute Gasteiger partial charge is 0.708 e. The molecule has 7 heteroatoms. The molecule has 0 aliphatic heterocycles. The lowest BCUT2D eigenvalue weighted by molar-refractivity contribution is 0.112. The first-order chi connectivity index (χ1) is 5.22. The Morgan fingerprint density at radius 1 is 1.73 bits per heavy atom. The van der Waals surface area contributed by atoms with Crippen molar-refractivity contribution in [2.24, 2.45) is 0 Å². The number of hydrogen-bond donors (Lipinski definition) is 2. The topological polar surface area (TPSA) is 79.7 Å². The number of aldehydes is 1. The van der Waals surface area contributed by atoms with Gasteiger partial charge >= 0.3 is 7.32 Å². The fourth-order valence-electron chi connectivity index (χ4n) is 0.488. The molecule has 1 aromatic rings. The summed E-state index contributed by atoms with van der Waals surface area (Å²) in [6, 6.07) is 0. The molecule has 0 aromatic carbocycles. The van der Waals surface area contributed by atoms with Gasteiger partial charge in [0.05, 0.1) is 5.38 Å². The smallest absolute Gasteiger partial charge is 0.497 e. The van der Waals surface area contributed by atoms with Crippen LogP contribution in [0.3, 0.4) is 0 Å². The van der Waals surface area contributed by atoms with Crippen LogP contribution < -0.4 is 4.65 Å². The molecule has 1 rings (SSSR count). The van der Waals surface area contributed by atoms with Crippen molar-refractivity contribution in [1.82, 2.24) is 4.98 Å². The fourth-order valence-corrected chi connectivity index (χ4v) is 1.02. The number of rotatable bonds is 3. The molecule has 0 saturated heterocycles. The van der Waals surface area contributed by atoms with Crippen molar-refractivity contribution in [2.45, 2.75) is 0 Å². The molecule has 1 heterocycles. The Bertz CT molecular complexity index is 250. The van der Waals surface area contributed by atoms with Crippen LogP contribution in [0.5, 0.6) is 5.88 Å². The van der Waals surface area contributed by atoms with Gasteiger partial charge in [0.1, 0.15) is 0 Å². The monoisotopic (exact) mass is 173 g/mol. The first kappa shape index (κ1) is 8.18. The predicted octanol–water partition coefficient (Wildman–Crippen LogP) is -0.696. The van der Waals surface area contributed by atoms with Gasteiger partial charge in [-0.25, -0.2) is 4.98 Å². The molecule has 0 fully saturated rings. The van der Waals surface area contributed by atoms with Crippen LogP contribution in [0.4, 0.5) is 0 Å². The summed E-state index contributed by atoms with van der Waals surface area (Å²) in [5.74, 6) is 0.0344. The molecule has 0 aliphatic carbocycles. The number of nitrogens with zero attached hydrogens (tertiary/aromatic N) is 1. The van der Waals surface area contributed by atoms with Crippen LogP contribution in [0.1, 0.15) is 9.80 Å². The third kappa shape index (κ3) is 2.30. The molecule has 2 N–H and O–H groups in total. The Labute approximate surface area is 66.4 Å². The van der Waals surface area contributed by atoms with E-state index in [4.69, 9.17) is 10.0 Å². The summed E-state index contributed by atoms with van der Waals surface area (Å²) in [4.78, 5) is 13.7. The van der Waals surface area contributed by atoms with Crippen LogP contribution in [-0.4, -0.2) is 28.6 Å². The molecule has 0 radical (unpaired) electrons. The zero-order chi connectivity index (χ0) is 8.27. The lowest BCUT2D eigenvalue weighted by Crippen LogP contribution is -2.20. The summed E-state index contributed by atoms with van der Waals surface area (Å²) >= 11 is 1.07. The maximum Gasteiger partial charge on any atom is 0.708 e. The van der Waals surface area contributed by atoms with Gasteiger partial charge in [-0.15, -0.1) is 11.3 Å². The van der Waals surface area contributed by atoms with E-state index < -0.39 is 7.32 Å². The molecule has 58 valence electrons. The van der Waals surface area contributed by atoms with E-state index in [1.165, 1.54) is 5.38 Å². The van der Waals surface area contributed by atoms with Crippen LogP contribution in [-0.2, 0) is 0 Å². The van der Waals surface area contributed by atoms with Crippen molar-refractivity contribution in [3.8, 4) is 5.88 Å². The lowest BCUT2D eigenvalue weighted by atomic mass is 10.3. The normalized spacial score (nSPS) is 9.27. The first-order valence-corrected chi connectivity index (χ1v) is 3.54. The van der Waals surface area contributed by atoms with Crippen LogP contribution in [0.2, 0.25) is 0 Å². The van der Waals surface area contributed by atoms with E-state index in [0.29, 0.717) is 6.29 Å². The second kappa shape index (κ2) is 3.47. The molecule has 0 atom stereocenters. The Morgan fingerprint density at radius 2 is 2.45 bits per heavy atom. The molecule has 0 aliphatic rings. The highest BCUT2D eigenvalue weighted by Crippen LogP contribution is 2.14. The van der Waals surface area contributed by atoms with Gasteiger partial charge in [-0.05, 0) is 0 Å². The number of carbonyl (C=O) groups excluding carboxylic acids is 1. The van der Waals surface area contributed by atoms with Gasteiger partial charge in [0, 0.05) is 0 Å². The van der Waals surface area contributed by atoms with Crippen LogP contribution in [0.25, 0.3) is 0 Å². The number of aromatic nitrogens is 1. The van der Waals surface area contributed by atoms with Crippen molar-refractivity contribution in [3.05, 3.63) is 10.4 Å². The summed E-state index contributed by atoms with van der Waals surface area (Å²) in [6.45, 7) is 0. The summed E-state index contributed by atoms with van der Waals surface area (Å²) in [6.07, 6.45) is 0.557. The SMILES string of the molecule is O=Cc1nc(OB(O)O)cs1. The summed E-state index contributed by atoms with van der Waals surface area (Å²) in [5, 5.41) is 18.2. The highest BCUT2D eigenvalue weighted by Gasteiger charge is 2.13. The van der Waals surface area contributed by atoms with E-state index in [9.17, 15) is 4.79 Å². The van der Waals surface area contributed by atoms with Gasteiger partial charge in [0.2, 0.25) is 5.88 Å². The van der Waals surface area contributed by atoms with Crippen molar-refractivity contribution in [1.29, 1.82) is 0 Å². The molecule has 5 nitrogen and oxygen atoms in total. The van der Waals surface area contributed by atoms with E-state index in [1.54, 1.807) is 0 Å². The van der Waals surface area contributed by atoms with E-state index >= 15 is 0 Å². The average molecular weight is 173 g/mol. The van der Waals surface area contributed by atoms with E-state index in [0.717, 1.165) is 11.3 Å². The summed E-state index contributed by atoms with van der Waals surface area (Å²) < 4.78 is 4.35. The van der Waals surface area contributed by atoms with Crippen molar-refractivity contribution < 1.29 is 19.5 Å². The molecule has 11 heavy (non-hydrogen) atoms. The van der Waals surface area contributed by atoms with Gasteiger partial charge < -0.3 is 14.7 Å². The molecule has 0 saturated carbocycles. The Balaban J connectivity index is 2.65. The molecular weight excluding hydrogens is 169 g/mol. The summed E-state index contributed by atoms with van der Waals surface area (Å²) in [7, 11) is -1.89. The standard InChI is InChI=1S/C4H4BNO4S/c7-1-4-6-3(2-11-4)10-5(8)9/h1-2,8-9H. The third-order valence-corrected chi connectivity index (χ3v) is 1.58. The molecule has 0 bridgehead atoms. The molecule has 1 aromatic heterocycles. The molecular formula is C4H4BNO4S. The highest BCUT2D eigenvalue weighted by molar-refractivity contribution is 7.11. The second-order valence-corrected chi connectivity index (χ2v) is 2.48. The van der Waals surface area contributed by atoms with Gasteiger partial charge in [0.15, 0.2) is 11.3 Å².